The lowest BCUT2D eigenvalue weighted by Gasteiger charge is -2.32. The first kappa shape index (κ1) is 18.1. The van der Waals surface area contributed by atoms with Gasteiger partial charge in [-0.2, -0.15) is 11.3 Å². The number of ether oxygens (including phenoxy) is 1. The molecule has 4 aromatic rings. The first-order valence-electron chi connectivity index (χ1n) is 8.12. The van der Waals surface area contributed by atoms with Gasteiger partial charge in [0.15, 0.2) is 11.5 Å². The molecular weight excluding hydrogens is 362 g/mol. The van der Waals surface area contributed by atoms with Crippen LogP contribution in [0.15, 0.2) is 102 Å². The Morgan fingerprint density at radius 1 is 0.577 bits per heavy atom. The maximum atomic E-state index is 5.99. The van der Waals surface area contributed by atoms with Crippen LogP contribution in [-0.2, 0) is 0 Å². The molecule has 0 amide bonds. The highest BCUT2D eigenvalue weighted by Gasteiger charge is 2.24. The summed E-state index contributed by atoms with van der Waals surface area (Å²) in [5, 5.41) is 4.08. The number of nitrogens with zero attached hydrogens (tertiary/aromatic N) is 1. The lowest BCUT2D eigenvalue weighted by Crippen LogP contribution is -2.15. The minimum Gasteiger partial charge on any atom is -0.453 e. The minimum absolute atomic E-state index is 0. The molecule has 2 heterocycles. The van der Waals surface area contributed by atoms with Gasteiger partial charge in [0, 0.05) is 5.69 Å². The maximum absolute atomic E-state index is 5.99. The zero-order valence-electron chi connectivity index (χ0n) is 14.0. The second-order valence-corrected chi connectivity index (χ2v) is 6.32. The Labute approximate surface area is 163 Å². The summed E-state index contributed by atoms with van der Waals surface area (Å²) in [5.74, 6) is 1.77. The van der Waals surface area contributed by atoms with Crippen molar-refractivity contribution in [1.29, 1.82) is 0 Å². The Morgan fingerprint density at radius 2 is 1.08 bits per heavy atom. The van der Waals surface area contributed by atoms with Gasteiger partial charge in [-0.25, -0.2) is 0 Å². The van der Waals surface area contributed by atoms with Gasteiger partial charge in [0.2, 0.25) is 0 Å². The smallest absolute Gasteiger partial charge is 0.151 e. The quantitative estimate of drug-likeness (QED) is 0.300. The van der Waals surface area contributed by atoms with Crippen molar-refractivity contribution in [1.82, 2.24) is 0 Å². The van der Waals surface area contributed by atoms with Crippen LogP contribution in [0.4, 0.5) is 17.1 Å². The number of hydrogen-bond donors (Lipinski definition) is 0. The van der Waals surface area contributed by atoms with Gasteiger partial charge in [-0.15, -0.1) is 12.4 Å². The molecule has 130 valence electrons. The predicted molar refractivity (Wildman–Crippen MR) is 113 cm³/mol. The lowest BCUT2D eigenvalue weighted by molar-refractivity contribution is 0.477. The lowest BCUT2D eigenvalue weighted by atomic mass is 10.1. The molecule has 1 aliphatic rings. The van der Waals surface area contributed by atoms with Crippen molar-refractivity contribution in [3.63, 3.8) is 0 Å². The molecule has 2 nitrogen and oxygen atoms in total. The highest BCUT2D eigenvalue weighted by Crippen LogP contribution is 2.49. The van der Waals surface area contributed by atoms with Gasteiger partial charge in [-0.1, -0.05) is 54.6 Å². The maximum Gasteiger partial charge on any atom is 0.151 e. The van der Waals surface area contributed by atoms with E-state index in [0.29, 0.717) is 0 Å². The van der Waals surface area contributed by atoms with Crippen molar-refractivity contribution >= 4 is 40.8 Å². The second kappa shape index (κ2) is 8.56. The Kier molecular flexibility index (Phi) is 5.95. The topological polar surface area (TPSA) is 12.5 Å². The van der Waals surface area contributed by atoms with E-state index < -0.39 is 0 Å². The summed E-state index contributed by atoms with van der Waals surface area (Å²) in [6.07, 6.45) is 0. The van der Waals surface area contributed by atoms with E-state index in [1.165, 1.54) is 0 Å². The first-order valence-corrected chi connectivity index (χ1v) is 9.06. The molecule has 0 unspecified atom stereocenters. The van der Waals surface area contributed by atoms with E-state index in [-0.39, 0.29) is 12.4 Å². The van der Waals surface area contributed by atoms with Crippen LogP contribution in [0.3, 0.4) is 0 Å². The van der Waals surface area contributed by atoms with Crippen molar-refractivity contribution in [3.8, 4) is 11.5 Å². The van der Waals surface area contributed by atoms with Crippen molar-refractivity contribution in [3.05, 3.63) is 102 Å². The molecule has 1 aliphatic heterocycles. The number of rotatable bonds is 1. The molecule has 26 heavy (non-hydrogen) atoms. The fourth-order valence-corrected chi connectivity index (χ4v) is 3.24. The summed E-state index contributed by atoms with van der Waals surface area (Å²) in [5.41, 5.74) is 3.27. The molecule has 5 rings (SSSR count). The van der Waals surface area contributed by atoms with E-state index in [4.69, 9.17) is 4.74 Å². The van der Waals surface area contributed by atoms with Gasteiger partial charge < -0.3 is 9.64 Å². The number of thiophene rings is 1. The highest BCUT2D eigenvalue weighted by molar-refractivity contribution is 7.07. The summed E-state index contributed by atoms with van der Waals surface area (Å²) < 4.78 is 5.99. The van der Waals surface area contributed by atoms with Gasteiger partial charge in [-0.3, -0.25) is 0 Å². The van der Waals surface area contributed by atoms with Gasteiger partial charge >= 0.3 is 0 Å². The van der Waals surface area contributed by atoms with Crippen LogP contribution in [0.5, 0.6) is 11.5 Å². The molecule has 0 N–H and O–H groups in total. The molecule has 0 saturated carbocycles. The monoisotopic (exact) mass is 379 g/mol. The summed E-state index contributed by atoms with van der Waals surface area (Å²) in [4.78, 5) is 2.23. The summed E-state index contributed by atoms with van der Waals surface area (Å²) in [6, 6.07) is 30.6. The minimum atomic E-state index is 0. The van der Waals surface area contributed by atoms with Crippen LogP contribution < -0.4 is 9.64 Å². The van der Waals surface area contributed by atoms with E-state index in [0.717, 1.165) is 28.6 Å². The van der Waals surface area contributed by atoms with Crippen molar-refractivity contribution in [2.75, 3.05) is 4.90 Å². The normalized spacial score (nSPS) is 11.0. The average Bonchev–Trinajstić information content (AvgIpc) is 3.27. The van der Waals surface area contributed by atoms with Crippen LogP contribution in [0.1, 0.15) is 0 Å². The molecule has 0 bridgehead atoms. The molecule has 0 aliphatic carbocycles. The molecule has 4 heteroatoms. The fourth-order valence-electron chi connectivity index (χ4n) is 2.79. The van der Waals surface area contributed by atoms with Gasteiger partial charge in [0.05, 0.1) is 11.4 Å². The Bertz CT molecular complexity index is 879. The zero-order valence-corrected chi connectivity index (χ0v) is 15.6. The van der Waals surface area contributed by atoms with Crippen LogP contribution in [0.2, 0.25) is 0 Å². The third-order valence-electron chi connectivity index (χ3n) is 3.87. The molecular formula is C22H18ClNOS. The van der Waals surface area contributed by atoms with E-state index >= 15 is 0 Å². The number of halogens is 1. The average molecular weight is 380 g/mol. The standard InChI is InChI=1S/C18H13NO.C4H4S.ClH/c1-2-8-14(9-3-1)19-15-10-4-6-12-17(15)20-18-13-7-5-11-16(18)19;1-2-4-5-3-1;/h1-13H;1-4H;1H. The van der Waals surface area contributed by atoms with Crippen molar-refractivity contribution < 1.29 is 4.74 Å². The Balaban J connectivity index is 0.000000285. The summed E-state index contributed by atoms with van der Waals surface area (Å²) >= 11 is 1.71. The fraction of sp³-hybridized carbons (Fsp3) is 0. The number of benzene rings is 3. The molecule has 1 aromatic heterocycles. The number of anilines is 3. The highest BCUT2D eigenvalue weighted by atomic mass is 35.5. The van der Waals surface area contributed by atoms with Crippen LogP contribution in [-0.4, -0.2) is 0 Å². The Hall–Kier alpha value is -2.75. The van der Waals surface area contributed by atoms with Gasteiger partial charge in [0.25, 0.3) is 0 Å². The van der Waals surface area contributed by atoms with E-state index in [9.17, 15) is 0 Å². The number of fused-ring (bicyclic) bond motifs is 2. The zero-order chi connectivity index (χ0) is 16.9. The molecule has 0 spiro atoms. The van der Waals surface area contributed by atoms with Crippen molar-refractivity contribution in [2.24, 2.45) is 0 Å². The van der Waals surface area contributed by atoms with Crippen LogP contribution in [0, 0.1) is 0 Å². The molecule has 0 atom stereocenters. The summed E-state index contributed by atoms with van der Waals surface area (Å²) in [6.45, 7) is 0. The summed E-state index contributed by atoms with van der Waals surface area (Å²) in [7, 11) is 0. The van der Waals surface area contributed by atoms with Gasteiger partial charge in [0.1, 0.15) is 0 Å². The largest absolute Gasteiger partial charge is 0.453 e. The third-order valence-corrected chi connectivity index (χ3v) is 4.50. The van der Waals surface area contributed by atoms with Gasteiger partial charge in [-0.05, 0) is 47.2 Å². The Morgan fingerprint density at radius 3 is 1.58 bits per heavy atom. The van der Waals surface area contributed by atoms with E-state index in [2.05, 4.69) is 41.3 Å². The SMILES string of the molecule is Cl.c1ccc(N2c3ccccc3Oc3ccccc32)cc1.c1ccsc1. The molecule has 3 aromatic carbocycles. The van der Waals surface area contributed by atoms with E-state index in [1.54, 1.807) is 11.3 Å². The van der Waals surface area contributed by atoms with Crippen molar-refractivity contribution in [2.45, 2.75) is 0 Å². The second-order valence-electron chi connectivity index (χ2n) is 5.50. The molecule has 0 radical (unpaired) electrons. The molecule has 0 saturated heterocycles. The number of hydrogen-bond acceptors (Lipinski definition) is 3. The van der Waals surface area contributed by atoms with Crippen LogP contribution >= 0.6 is 23.7 Å². The van der Waals surface area contributed by atoms with E-state index in [1.807, 2.05) is 65.4 Å². The van der Waals surface area contributed by atoms with Crippen LogP contribution in [0.25, 0.3) is 0 Å². The first-order chi connectivity index (χ1) is 12.4. The molecule has 0 fully saturated rings. The predicted octanol–water partition coefficient (Wildman–Crippen LogP) is 7.43. The number of para-hydroxylation sites is 5. The third kappa shape index (κ3) is 3.74.